The van der Waals surface area contributed by atoms with Gasteiger partial charge in [-0.25, -0.2) is 9.79 Å². The molecule has 13 heavy (non-hydrogen) atoms. The zero-order valence-corrected chi connectivity index (χ0v) is 7.99. The van der Waals surface area contributed by atoms with Crippen LogP contribution in [0.4, 0.5) is 0 Å². The smallest absolute Gasteiger partial charge is 0.235 e. The van der Waals surface area contributed by atoms with E-state index in [2.05, 4.69) is 18.8 Å². The molecule has 0 aromatic rings. The number of amides is 1. The average Bonchev–Trinajstić information content (AvgIpc) is 2.31. The van der Waals surface area contributed by atoms with Crippen LogP contribution >= 0.6 is 0 Å². The van der Waals surface area contributed by atoms with E-state index in [4.69, 9.17) is 0 Å². The molecule has 1 aliphatic rings. The molecule has 0 saturated carbocycles. The first-order valence-electron chi connectivity index (χ1n) is 4.48. The number of carbonyl (C=O) groups is 1. The van der Waals surface area contributed by atoms with Gasteiger partial charge in [-0.2, -0.15) is 0 Å². The number of likely N-dealkylation sites (tertiary alicyclic amines) is 1. The maximum Gasteiger partial charge on any atom is 0.235 e. The molecule has 72 valence electrons. The summed E-state index contributed by atoms with van der Waals surface area (Å²) in [7, 11) is 0. The molecule has 0 spiro atoms. The Morgan fingerprint density at radius 3 is 2.92 bits per heavy atom. The summed E-state index contributed by atoms with van der Waals surface area (Å²) in [4.78, 5) is 26.6. The molecule has 1 unspecified atom stereocenters. The first-order valence-corrected chi connectivity index (χ1v) is 4.48. The third-order valence-corrected chi connectivity index (χ3v) is 2.01. The molecule has 1 rings (SSSR count). The molecule has 0 radical (unpaired) electrons. The van der Waals surface area contributed by atoms with E-state index in [1.54, 1.807) is 4.90 Å². The average molecular weight is 182 g/mol. The van der Waals surface area contributed by atoms with Gasteiger partial charge in [0.05, 0.1) is 12.5 Å². The minimum atomic E-state index is -0.163. The Morgan fingerprint density at radius 1 is 1.69 bits per heavy atom. The third kappa shape index (κ3) is 2.67. The van der Waals surface area contributed by atoms with Crippen LogP contribution in [0.2, 0.25) is 0 Å². The molecule has 1 amide bonds. The summed E-state index contributed by atoms with van der Waals surface area (Å²) in [5.74, 6) is 0.556. The third-order valence-electron chi connectivity index (χ3n) is 2.01. The van der Waals surface area contributed by atoms with Crippen LogP contribution in [0, 0.1) is 5.92 Å². The van der Waals surface area contributed by atoms with Crippen molar-refractivity contribution in [3.8, 4) is 0 Å². The minimum Gasteiger partial charge on any atom is -0.340 e. The van der Waals surface area contributed by atoms with Gasteiger partial charge in [-0.1, -0.05) is 13.8 Å². The van der Waals surface area contributed by atoms with Gasteiger partial charge in [0.1, 0.15) is 0 Å². The van der Waals surface area contributed by atoms with Crippen molar-refractivity contribution in [3.63, 3.8) is 0 Å². The van der Waals surface area contributed by atoms with E-state index in [1.807, 2.05) is 0 Å². The molecule has 1 fully saturated rings. The summed E-state index contributed by atoms with van der Waals surface area (Å²) in [5, 5.41) is 0. The number of hydrogen-bond acceptors (Lipinski definition) is 3. The normalized spacial score (nSPS) is 22.2. The predicted octanol–water partition coefficient (Wildman–Crippen LogP) is 0.579. The summed E-state index contributed by atoms with van der Waals surface area (Å²) < 4.78 is 0. The quantitative estimate of drug-likeness (QED) is 0.473. The van der Waals surface area contributed by atoms with Crippen molar-refractivity contribution in [1.29, 1.82) is 0 Å². The number of isocyanates is 1. The van der Waals surface area contributed by atoms with Gasteiger partial charge < -0.3 is 4.90 Å². The molecule has 4 heteroatoms. The summed E-state index contributed by atoms with van der Waals surface area (Å²) in [5.41, 5.74) is 0. The van der Waals surface area contributed by atoms with Crippen molar-refractivity contribution < 1.29 is 9.59 Å². The van der Waals surface area contributed by atoms with Crippen LogP contribution in [-0.2, 0) is 9.59 Å². The van der Waals surface area contributed by atoms with E-state index in [0.717, 1.165) is 6.54 Å². The predicted molar refractivity (Wildman–Crippen MR) is 47.9 cm³/mol. The van der Waals surface area contributed by atoms with Crippen LogP contribution < -0.4 is 0 Å². The van der Waals surface area contributed by atoms with E-state index >= 15 is 0 Å². The molecule has 0 aromatic heterocycles. The number of hydrogen-bond donors (Lipinski definition) is 0. The zero-order valence-electron chi connectivity index (χ0n) is 7.99. The van der Waals surface area contributed by atoms with Gasteiger partial charge >= 0.3 is 0 Å². The van der Waals surface area contributed by atoms with E-state index in [0.29, 0.717) is 18.9 Å². The van der Waals surface area contributed by atoms with Crippen molar-refractivity contribution >= 4 is 12.0 Å². The summed E-state index contributed by atoms with van der Waals surface area (Å²) in [6.45, 7) is 5.45. The van der Waals surface area contributed by atoms with E-state index in [9.17, 15) is 9.59 Å². The van der Waals surface area contributed by atoms with Crippen LogP contribution in [0.15, 0.2) is 4.99 Å². The fourth-order valence-corrected chi connectivity index (χ4v) is 1.53. The summed E-state index contributed by atoms with van der Waals surface area (Å²) >= 11 is 0. The highest BCUT2D eigenvalue weighted by Gasteiger charge is 2.29. The van der Waals surface area contributed by atoms with Gasteiger partial charge in [0.15, 0.2) is 0 Å². The summed E-state index contributed by atoms with van der Waals surface area (Å²) in [6.07, 6.45) is 1.86. The first kappa shape index (κ1) is 9.93. The Labute approximate surface area is 77.6 Å². The van der Waals surface area contributed by atoms with E-state index < -0.39 is 0 Å². The Morgan fingerprint density at radius 2 is 2.38 bits per heavy atom. The van der Waals surface area contributed by atoms with Gasteiger partial charge in [-0.3, -0.25) is 4.79 Å². The fourth-order valence-electron chi connectivity index (χ4n) is 1.53. The van der Waals surface area contributed by atoms with Crippen molar-refractivity contribution in [2.75, 3.05) is 13.1 Å². The highest BCUT2D eigenvalue weighted by atomic mass is 16.2. The van der Waals surface area contributed by atoms with Crippen molar-refractivity contribution in [3.05, 3.63) is 0 Å². The molecule has 1 atom stereocenters. The van der Waals surface area contributed by atoms with E-state index in [1.165, 1.54) is 6.08 Å². The Hall–Kier alpha value is -1.15. The summed E-state index contributed by atoms with van der Waals surface area (Å²) in [6, 6.07) is -0.163. The maximum atomic E-state index is 11.3. The Bertz CT molecular complexity index is 244. The zero-order chi connectivity index (χ0) is 9.84. The fraction of sp³-hybridized carbons (Fsp3) is 0.778. The SMILES string of the molecule is CC(C)CN1CC(N=C=O)CC1=O. The van der Waals surface area contributed by atoms with Crippen molar-refractivity contribution in [2.45, 2.75) is 26.3 Å². The van der Waals surface area contributed by atoms with Crippen LogP contribution in [0.1, 0.15) is 20.3 Å². The highest BCUT2D eigenvalue weighted by Crippen LogP contribution is 2.15. The topological polar surface area (TPSA) is 49.7 Å². The lowest BCUT2D eigenvalue weighted by molar-refractivity contribution is -0.128. The second kappa shape index (κ2) is 4.19. The molecule has 0 aliphatic carbocycles. The number of rotatable bonds is 3. The number of carbonyl (C=O) groups excluding carboxylic acids is 2. The molecule has 1 saturated heterocycles. The van der Waals surface area contributed by atoms with Crippen LogP contribution in [0.5, 0.6) is 0 Å². The first-order chi connectivity index (χ1) is 6.13. The molecule has 0 N–H and O–H groups in total. The largest absolute Gasteiger partial charge is 0.340 e. The Kier molecular flexibility index (Phi) is 3.20. The van der Waals surface area contributed by atoms with Crippen molar-refractivity contribution in [1.82, 2.24) is 4.90 Å². The lowest BCUT2D eigenvalue weighted by atomic mass is 10.2. The lowest BCUT2D eigenvalue weighted by Crippen LogP contribution is -2.29. The van der Waals surface area contributed by atoms with Crippen molar-refractivity contribution in [2.24, 2.45) is 10.9 Å². The second-order valence-electron chi connectivity index (χ2n) is 3.77. The van der Waals surface area contributed by atoms with Crippen LogP contribution in [0.25, 0.3) is 0 Å². The Balaban J connectivity index is 2.51. The molecular weight excluding hydrogens is 168 g/mol. The van der Waals surface area contributed by atoms with Gasteiger partial charge in [-0.15, -0.1) is 0 Å². The van der Waals surface area contributed by atoms with Crippen LogP contribution in [-0.4, -0.2) is 36.0 Å². The standard InChI is InChI=1S/C9H14N2O2/c1-7(2)4-11-5-8(10-6-12)3-9(11)13/h7-8H,3-5H2,1-2H3. The number of nitrogens with zero attached hydrogens (tertiary/aromatic N) is 2. The van der Waals surface area contributed by atoms with Crippen LogP contribution in [0.3, 0.4) is 0 Å². The molecule has 4 nitrogen and oxygen atoms in total. The molecule has 1 aliphatic heterocycles. The lowest BCUT2D eigenvalue weighted by Gasteiger charge is -2.17. The van der Waals surface area contributed by atoms with Gasteiger partial charge in [0, 0.05) is 13.1 Å². The maximum absolute atomic E-state index is 11.3. The molecule has 0 bridgehead atoms. The molecule has 1 heterocycles. The molecule has 0 aromatic carbocycles. The van der Waals surface area contributed by atoms with Gasteiger partial charge in [0.25, 0.3) is 0 Å². The highest BCUT2D eigenvalue weighted by molar-refractivity contribution is 5.79. The number of aliphatic imine (C=N–C) groups is 1. The van der Waals surface area contributed by atoms with E-state index in [-0.39, 0.29) is 11.9 Å². The molecular formula is C9H14N2O2. The van der Waals surface area contributed by atoms with Gasteiger partial charge in [-0.05, 0) is 5.92 Å². The second-order valence-corrected chi connectivity index (χ2v) is 3.77. The monoisotopic (exact) mass is 182 g/mol. The minimum absolute atomic E-state index is 0.0951. The van der Waals surface area contributed by atoms with Gasteiger partial charge in [0.2, 0.25) is 12.0 Å².